The molecule has 4 heteroatoms. The van der Waals surface area contributed by atoms with Gasteiger partial charge in [-0.25, -0.2) is 4.79 Å². The number of nitrogens with one attached hydrogen (secondary N) is 1. The van der Waals surface area contributed by atoms with Crippen LogP contribution in [0, 0.1) is 6.92 Å². The van der Waals surface area contributed by atoms with Crippen molar-refractivity contribution < 1.29 is 14.3 Å². The summed E-state index contributed by atoms with van der Waals surface area (Å²) in [6.45, 7) is 8.57. The summed E-state index contributed by atoms with van der Waals surface area (Å²) in [6.07, 6.45) is -0.0983. The second kappa shape index (κ2) is 4.09. The average molecular weight is 172 g/mol. The first-order valence-corrected chi connectivity index (χ1v) is 3.63. The Kier molecular flexibility index (Phi) is 3.73. The predicted molar refractivity (Wildman–Crippen MR) is 44.6 cm³/mol. The van der Waals surface area contributed by atoms with E-state index in [0.717, 1.165) is 0 Å². The van der Waals surface area contributed by atoms with Crippen molar-refractivity contribution in [1.29, 1.82) is 0 Å². The predicted octanol–water partition coefficient (Wildman–Crippen LogP) is 0.913. The van der Waals surface area contributed by atoms with E-state index in [1.807, 2.05) is 0 Å². The molecule has 0 bridgehead atoms. The van der Waals surface area contributed by atoms with E-state index in [1.54, 1.807) is 20.8 Å². The third-order valence-electron chi connectivity index (χ3n) is 0.866. The van der Waals surface area contributed by atoms with Crippen LogP contribution >= 0.6 is 0 Å². The summed E-state index contributed by atoms with van der Waals surface area (Å²) in [4.78, 5) is 21.0. The minimum Gasteiger partial charge on any atom is -0.444 e. The van der Waals surface area contributed by atoms with Crippen molar-refractivity contribution in [2.45, 2.75) is 32.4 Å². The Morgan fingerprint density at radius 2 is 2.08 bits per heavy atom. The number of alkyl carbamates (subject to hydrolysis) is 1. The van der Waals surface area contributed by atoms with Crippen LogP contribution in [-0.4, -0.2) is 24.0 Å². The van der Waals surface area contributed by atoms with Crippen LogP contribution in [0.4, 0.5) is 4.79 Å². The first-order valence-electron chi connectivity index (χ1n) is 3.63. The highest BCUT2D eigenvalue weighted by Crippen LogP contribution is 2.06. The van der Waals surface area contributed by atoms with Crippen LogP contribution < -0.4 is 5.32 Å². The quantitative estimate of drug-likeness (QED) is 0.630. The van der Waals surface area contributed by atoms with Gasteiger partial charge >= 0.3 is 6.09 Å². The zero-order valence-electron chi connectivity index (χ0n) is 7.59. The number of rotatable bonds is 2. The molecule has 69 valence electrons. The summed E-state index contributed by atoms with van der Waals surface area (Å²) in [5, 5.41) is 2.25. The van der Waals surface area contributed by atoms with Crippen LogP contribution in [0.15, 0.2) is 0 Å². The number of carbonyl (C=O) groups excluding carboxylic acids is 2. The molecule has 12 heavy (non-hydrogen) atoms. The molecule has 0 heterocycles. The molecule has 1 N–H and O–H groups in total. The van der Waals surface area contributed by atoms with Gasteiger partial charge in [-0.15, -0.1) is 0 Å². The fourth-order valence-electron chi connectivity index (χ4n) is 0.493. The topological polar surface area (TPSA) is 55.4 Å². The minimum absolute atomic E-state index is 0.532. The minimum atomic E-state index is -0.750. The van der Waals surface area contributed by atoms with Crippen LogP contribution in [0.3, 0.4) is 0 Å². The Hall–Kier alpha value is -1.06. The standard InChI is InChI=1S/C8H14NO3/c1-6(5-10)9-7(11)12-8(2,3)4/h5-6H,1H2,2-4H3,(H,9,11). The third-order valence-corrected chi connectivity index (χ3v) is 0.866. The average Bonchev–Trinajstić information content (AvgIpc) is 1.82. The number of hydrogen-bond acceptors (Lipinski definition) is 3. The van der Waals surface area contributed by atoms with Crippen LogP contribution in [0.2, 0.25) is 0 Å². The van der Waals surface area contributed by atoms with Gasteiger partial charge in [-0.3, -0.25) is 0 Å². The van der Waals surface area contributed by atoms with E-state index in [0.29, 0.717) is 6.29 Å². The lowest BCUT2D eigenvalue weighted by Gasteiger charge is -2.20. The van der Waals surface area contributed by atoms with Gasteiger partial charge in [-0.2, -0.15) is 0 Å². The monoisotopic (exact) mass is 172 g/mol. The van der Waals surface area contributed by atoms with E-state index >= 15 is 0 Å². The molecule has 1 amide bonds. The normalized spacial score (nSPS) is 13.3. The summed E-state index contributed by atoms with van der Waals surface area (Å²) < 4.78 is 4.86. The lowest BCUT2D eigenvalue weighted by Crippen LogP contribution is -2.38. The molecule has 0 rings (SSSR count). The molecule has 0 aliphatic rings. The number of ether oxygens (including phenoxy) is 1. The Labute approximate surface area is 72.3 Å². The van der Waals surface area contributed by atoms with Crippen molar-refractivity contribution in [3.8, 4) is 0 Å². The van der Waals surface area contributed by atoms with Crippen LogP contribution in [-0.2, 0) is 9.53 Å². The Morgan fingerprint density at radius 3 is 2.42 bits per heavy atom. The van der Waals surface area contributed by atoms with E-state index in [9.17, 15) is 9.59 Å². The summed E-state index contributed by atoms with van der Waals surface area (Å²) >= 11 is 0. The van der Waals surface area contributed by atoms with E-state index in [2.05, 4.69) is 12.2 Å². The maximum absolute atomic E-state index is 10.9. The van der Waals surface area contributed by atoms with Gasteiger partial charge < -0.3 is 14.8 Å². The zero-order chi connectivity index (χ0) is 9.78. The van der Waals surface area contributed by atoms with Crippen LogP contribution in [0.25, 0.3) is 0 Å². The van der Waals surface area contributed by atoms with E-state index in [-0.39, 0.29) is 0 Å². The molecular weight excluding hydrogens is 158 g/mol. The van der Waals surface area contributed by atoms with Crippen molar-refractivity contribution in [3.05, 3.63) is 6.92 Å². The molecule has 0 spiro atoms. The number of hydrogen-bond donors (Lipinski definition) is 1. The molecule has 0 saturated heterocycles. The first-order chi connectivity index (χ1) is 5.35. The summed E-state index contributed by atoms with van der Waals surface area (Å²) in [6, 6.07) is -0.750. The van der Waals surface area contributed by atoms with Gasteiger partial charge in [0.1, 0.15) is 11.9 Å². The Morgan fingerprint density at radius 1 is 1.58 bits per heavy atom. The van der Waals surface area contributed by atoms with Crippen LogP contribution in [0.1, 0.15) is 20.8 Å². The molecule has 0 aromatic carbocycles. The zero-order valence-corrected chi connectivity index (χ0v) is 7.59. The molecule has 4 nitrogen and oxygen atoms in total. The van der Waals surface area contributed by atoms with Crippen LogP contribution in [0.5, 0.6) is 0 Å². The van der Waals surface area contributed by atoms with Gasteiger partial charge in [0, 0.05) is 0 Å². The van der Waals surface area contributed by atoms with E-state index in [4.69, 9.17) is 4.74 Å². The number of amides is 1. The Bertz CT molecular complexity index is 172. The molecule has 1 unspecified atom stereocenters. The molecule has 1 radical (unpaired) electrons. The highest BCUT2D eigenvalue weighted by Gasteiger charge is 2.16. The first kappa shape index (κ1) is 10.9. The summed E-state index contributed by atoms with van der Waals surface area (Å²) in [5.41, 5.74) is -0.549. The van der Waals surface area contributed by atoms with E-state index in [1.165, 1.54) is 0 Å². The highest BCUT2D eigenvalue weighted by atomic mass is 16.6. The maximum atomic E-state index is 10.9. The lowest BCUT2D eigenvalue weighted by atomic mass is 10.2. The molecule has 0 fully saturated rings. The van der Waals surface area contributed by atoms with Crippen molar-refractivity contribution in [2.24, 2.45) is 0 Å². The van der Waals surface area contributed by atoms with Gasteiger partial charge in [-0.05, 0) is 27.7 Å². The van der Waals surface area contributed by atoms with Crippen molar-refractivity contribution >= 4 is 12.4 Å². The molecule has 0 aliphatic heterocycles. The number of aldehydes is 1. The van der Waals surface area contributed by atoms with Gasteiger partial charge in [0.25, 0.3) is 0 Å². The number of carbonyl (C=O) groups is 2. The van der Waals surface area contributed by atoms with Gasteiger partial charge in [0.15, 0.2) is 0 Å². The molecule has 0 aromatic heterocycles. The fraction of sp³-hybridized carbons (Fsp3) is 0.625. The molecule has 0 aliphatic carbocycles. The lowest BCUT2D eigenvalue weighted by molar-refractivity contribution is -0.108. The highest BCUT2D eigenvalue weighted by molar-refractivity contribution is 5.73. The molecule has 0 aromatic rings. The molecular formula is C8H14NO3. The summed E-state index contributed by atoms with van der Waals surface area (Å²) in [7, 11) is 0. The smallest absolute Gasteiger partial charge is 0.408 e. The van der Waals surface area contributed by atoms with Crippen molar-refractivity contribution in [3.63, 3.8) is 0 Å². The van der Waals surface area contributed by atoms with E-state index < -0.39 is 17.7 Å². The molecule has 0 saturated carbocycles. The Balaban J connectivity index is 3.82. The molecule has 1 atom stereocenters. The van der Waals surface area contributed by atoms with Gasteiger partial charge in [-0.1, -0.05) is 0 Å². The third kappa shape index (κ3) is 5.70. The van der Waals surface area contributed by atoms with Crippen molar-refractivity contribution in [1.82, 2.24) is 5.32 Å². The fourth-order valence-corrected chi connectivity index (χ4v) is 0.493. The van der Waals surface area contributed by atoms with Gasteiger partial charge in [0.05, 0.1) is 6.04 Å². The van der Waals surface area contributed by atoms with Gasteiger partial charge in [0.2, 0.25) is 0 Å². The van der Waals surface area contributed by atoms with Crippen molar-refractivity contribution in [2.75, 3.05) is 0 Å². The largest absolute Gasteiger partial charge is 0.444 e. The maximum Gasteiger partial charge on any atom is 0.408 e. The second-order valence-electron chi connectivity index (χ2n) is 3.39. The second-order valence-corrected chi connectivity index (χ2v) is 3.39. The summed E-state index contributed by atoms with van der Waals surface area (Å²) in [5.74, 6) is 0. The SMILES string of the molecule is [CH2]C(C=O)NC(=O)OC(C)(C)C.